The molecule has 0 spiro atoms. The van der Waals surface area contributed by atoms with Crippen LogP contribution >= 0.6 is 11.8 Å². The summed E-state index contributed by atoms with van der Waals surface area (Å²) in [5.74, 6) is -0.259. The summed E-state index contributed by atoms with van der Waals surface area (Å²) in [6.07, 6.45) is 0. The first-order valence-electron chi connectivity index (χ1n) is 7.89. The molecule has 0 unspecified atom stereocenters. The molecule has 2 aromatic carbocycles. The second kappa shape index (κ2) is 8.32. The van der Waals surface area contributed by atoms with E-state index in [1.54, 1.807) is 43.4 Å². The summed E-state index contributed by atoms with van der Waals surface area (Å²) >= 11 is 1.17. The van der Waals surface area contributed by atoms with Gasteiger partial charge in [-0.05, 0) is 52.9 Å². The zero-order valence-corrected chi connectivity index (χ0v) is 15.1. The van der Waals surface area contributed by atoms with E-state index < -0.39 is 0 Å². The Morgan fingerprint density at radius 1 is 1.19 bits per heavy atom. The minimum Gasteiger partial charge on any atom is -0.508 e. The lowest BCUT2D eigenvalue weighted by molar-refractivity contribution is -0.113. The van der Waals surface area contributed by atoms with E-state index in [1.165, 1.54) is 28.6 Å². The van der Waals surface area contributed by atoms with Gasteiger partial charge in [-0.1, -0.05) is 17.8 Å². The van der Waals surface area contributed by atoms with Crippen LogP contribution in [0.25, 0.3) is 5.69 Å². The van der Waals surface area contributed by atoms with Crippen LogP contribution in [-0.2, 0) is 4.79 Å². The third-order valence-corrected chi connectivity index (χ3v) is 4.42. The molecule has 3 N–H and O–H groups in total. The molecule has 1 aromatic heterocycles. The maximum Gasteiger partial charge on any atom is 0.251 e. The molecular weight excluding hydrogens is 368 g/mol. The molecule has 138 valence electrons. The number of aromatic nitrogens is 4. The van der Waals surface area contributed by atoms with Gasteiger partial charge >= 0.3 is 0 Å². The van der Waals surface area contributed by atoms with Gasteiger partial charge in [-0.2, -0.15) is 4.68 Å². The summed E-state index contributed by atoms with van der Waals surface area (Å²) in [4.78, 5) is 23.9. The van der Waals surface area contributed by atoms with Crippen molar-refractivity contribution in [3.05, 3.63) is 54.1 Å². The normalized spacial score (nSPS) is 10.4. The number of anilines is 1. The van der Waals surface area contributed by atoms with Crippen molar-refractivity contribution in [1.29, 1.82) is 0 Å². The van der Waals surface area contributed by atoms with Gasteiger partial charge in [-0.15, -0.1) is 5.10 Å². The summed E-state index contributed by atoms with van der Waals surface area (Å²) in [7, 11) is 1.54. The van der Waals surface area contributed by atoms with Crippen LogP contribution in [0.15, 0.2) is 53.7 Å². The smallest absolute Gasteiger partial charge is 0.251 e. The van der Waals surface area contributed by atoms with Crippen molar-refractivity contribution < 1.29 is 14.7 Å². The molecule has 2 amide bonds. The van der Waals surface area contributed by atoms with Gasteiger partial charge in [0.05, 0.1) is 11.4 Å². The van der Waals surface area contributed by atoms with Crippen LogP contribution in [0.1, 0.15) is 10.4 Å². The van der Waals surface area contributed by atoms with Crippen LogP contribution in [0.3, 0.4) is 0 Å². The minimum absolute atomic E-state index is 0.0860. The zero-order chi connectivity index (χ0) is 19.2. The Hall–Kier alpha value is -3.40. The van der Waals surface area contributed by atoms with Gasteiger partial charge in [0.15, 0.2) is 0 Å². The molecule has 0 bridgehead atoms. The topological polar surface area (TPSA) is 122 Å². The van der Waals surface area contributed by atoms with E-state index in [1.807, 2.05) is 0 Å². The third kappa shape index (κ3) is 4.61. The predicted molar refractivity (Wildman–Crippen MR) is 100 cm³/mol. The fourth-order valence-corrected chi connectivity index (χ4v) is 2.93. The number of phenols is 1. The number of carbonyl (C=O) groups is 2. The molecule has 27 heavy (non-hydrogen) atoms. The number of tetrazole rings is 1. The van der Waals surface area contributed by atoms with E-state index in [-0.39, 0.29) is 23.3 Å². The summed E-state index contributed by atoms with van der Waals surface area (Å²) in [6.45, 7) is 0. The Balaban J connectivity index is 1.63. The van der Waals surface area contributed by atoms with Crippen LogP contribution in [0.5, 0.6) is 5.75 Å². The first-order chi connectivity index (χ1) is 13.1. The monoisotopic (exact) mass is 384 g/mol. The highest BCUT2D eigenvalue weighted by Gasteiger charge is 2.12. The number of rotatable bonds is 6. The maximum atomic E-state index is 12.2. The van der Waals surface area contributed by atoms with Crippen LogP contribution in [0.2, 0.25) is 0 Å². The Bertz CT molecular complexity index is 957. The number of hydrogen-bond donors (Lipinski definition) is 3. The fourth-order valence-electron chi connectivity index (χ4n) is 2.23. The summed E-state index contributed by atoms with van der Waals surface area (Å²) < 4.78 is 1.48. The van der Waals surface area contributed by atoms with Gasteiger partial charge in [-0.3, -0.25) is 9.59 Å². The van der Waals surface area contributed by atoms with E-state index >= 15 is 0 Å². The molecule has 3 aromatic rings. The van der Waals surface area contributed by atoms with Gasteiger partial charge in [0.2, 0.25) is 11.1 Å². The molecule has 0 aliphatic rings. The predicted octanol–water partition coefficient (Wildman–Crippen LogP) is 1.46. The van der Waals surface area contributed by atoms with Gasteiger partial charge in [0.25, 0.3) is 5.91 Å². The standard InChI is InChI=1S/C17H16N6O3S/c1-18-16(26)11-3-2-4-12(9-11)19-15(25)10-27-17-20-21-22-23(17)13-5-7-14(24)8-6-13/h2-9,24H,10H2,1H3,(H,18,26)(H,19,25). The second-order valence-electron chi connectivity index (χ2n) is 5.39. The Kier molecular flexibility index (Phi) is 5.67. The number of benzene rings is 2. The molecule has 0 radical (unpaired) electrons. The Labute approximate surface area is 158 Å². The van der Waals surface area contributed by atoms with Crippen molar-refractivity contribution in [1.82, 2.24) is 25.5 Å². The molecular formula is C17H16N6O3S. The average molecular weight is 384 g/mol. The minimum atomic E-state index is -0.255. The highest BCUT2D eigenvalue weighted by molar-refractivity contribution is 7.99. The maximum absolute atomic E-state index is 12.2. The van der Waals surface area contributed by atoms with E-state index in [9.17, 15) is 14.7 Å². The molecule has 3 rings (SSSR count). The van der Waals surface area contributed by atoms with E-state index in [0.29, 0.717) is 22.1 Å². The molecule has 1 heterocycles. The second-order valence-corrected chi connectivity index (χ2v) is 6.33. The lowest BCUT2D eigenvalue weighted by Crippen LogP contribution is -2.19. The lowest BCUT2D eigenvalue weighted by atomic mass is 10.2. The number of thioether (sulfide) groups is 1. The summed E-state index contributed by atoms with van der Waals surface area (Å²) in [5, 5.41) is 26.5. The number of nitrogens with zero attached hydrogens (tertiary/aromatic N) is 4. The SMILES string of the molecule is CNC(=O)c1cccc(NC(=O)CSc2nnnn2-c2ccc(O)cc2)c1. The molecule has 0 saturated carbocycles. The molecule has 0 atom stereocenters. The molecule has 0 saturated heterocycles. The zero-order valence-electron chi connectivity index (χ0n) is 14.3. The first-order valence-corrected chi connectivity index (χ1v) is 8.88. The van der Waals surface area contributed by atoms with Gasteiger partial charge in [0.1, 0.15) is 5.75 Å². The van der Waals surface area contributed by atoms with E-state index in [0.717, 1.165) is 0 Å². The van der Waals surface area contributed by atoms with Crippen LogP contribution in [0.4, 0.5) is 5.69 Å². The van der Waals surface area contributed by atoms with Crippen LogP contribution < -0.4 is 10.6 Å². The third-order valence-electron chi connectivity index (χ3n) is 3.50. The molecule has 0 aliphatic heterocycles. The van der Waals surface area contributed by atoms with Crippen molar-refractivity contribution in [3.8, 4) is 11.4 Å². The van der Waals surface area contributed by atoms with Crippen molar-refractivity contribution >= 4 is 29.3 Å². The molecule has 0 aliphatic carbocycles. The average Bonchev–Trinajstić information content (AvgIpc) is 3.15. The van der Waals surface area contributed by atoms with Gasteiger partial charge in [-0.25, -0.2) is 0 Å². The molecule has 10 heteroatoms. The number of nitrogens with one attached hydrogen (secondary N) is 2. The number of aromatic hydroxyl groups is 1. The van der Waals surface area contributed by atoms with Crippen molar-refractivity contribution in [2.45, 2.75) is 5.16 Å². The highest BCUT2D eigenvalue weighted by Crippen LogP contribution is 2.20. The number of hydrogen-bond acceptors (Lipinski definition) is 7. The van der Waals surface area contributed by atoms with Crippen molar-refractivity contribution in [2.75, 3.05) is 18.1 Å². The number of carbonyl (C=O) groups excluding carboxylic acids is 2. The van der Waals surface area contributed by atoms with Gasteiger partial charge < -0.3 is 15.7 Å². The molecule has 0 fully saturated rings. The summed E-state index contributed by atoms with van der Waals surface area (Å²) in [5.41, 5.74) is 1.65. The lowest BCUT2D eigenvalue weighted by Gasteiger charge is -2.07. The number of phenolic OH excluding ortho intramolecular Hbond substituents is 1. The number of amides is 2. The van der Waals surface area contributed by atoms with Crippen LogP contribution in [0, 0.1) is 0 Å². The summed E-state index contributed by atoms with van der Waals surface area (Å²) in [6, 6.07) is 13.0. The van der Waals surface area contributed by atoms with Crippen LogP contribution in [-0.4, -0.2) is 49.9 Å². The van der Waals surface area contributed by atoms with E-state index in [2.05, 4.69) is 26.2 Å². The van der Waals surface area contributed by atoms with Crippen molar-refractivity contribution in [2.24, 2.45) is 0 Å². The molecule has 9 nitrogen and oxygen atoms in total. The highest BCUT2D eigenvalue weighted by atomic mass is 32.2. The Morgan fingerprint density at radius 3 is 2.70 bits per heavy atom. The quantitative estimate of drug-likeness (QED) is 0.550. The fraction of sp³-hybridized carbons (Fsp3) is 0.118. The van der Waals surface area contributed by atoms with Crippen molar-refractivity contribution in [3.63, 3.8) is 0 Å². The van der Waals surface area contributed by atoms with E-state index in [4.69, 9.17) is 0 Å². The Morgan fingerprint density at radius 2 is 1.96 bits per heavy atom. The largest absolute Gasteiger partial charge is 0.508 e. The first kappa shape index (κ1) is 18.4. The van der Waals surface area contributed by atoms with Gasteiger partial charge in [0, 0.05) is 18.3 Å².